The van der Waals surface area contributed by atoms with Gasteiger partial charge in [-0.25, -0.2) is 0 Å². The van der Waals surface area contributed by atoms with Crippen molar-refractivity contribution in [2.75, 3.05) is 20.2 Å². The third kappa shape index (κ3) is 3.86. The summed E-state index contributed by atoms with van der Waals surface area (Å²) in [5.74, 6) is 5.96. The molecule has 1 heterocycles. The minimum atomic E-state index is -0.159. The van der Waals surface area contributed by atoms with Gasteiger partial charge in [0.05, 0.1) is 9.75 Å². The second-order valence-electron chi connectivity index (χ2n) is 4.66. The molecule has 1 N–H and O–H groups in total. The first-order valence-corrected chi connectivity index (χ1v) is 6.73. The fourth-order valence-electron chi connectivity index (χ4n) is 1.65. The van der Waals surface area contributed by atoms with Crippen LogP contribution in [0.25, 0.3) is 0 Å². The number of aliphatic hydroxyl groups is 1. The zero-order chi connectivity index (χ0) is 13.7. The van der Waals surface area contributed by atoms with Crippen LogP contribution in [-0.2, 0) is 0 Å². The lowest BCUT2D eigenvalue weighted by Crippen LogP contribution is -2.29. The Morgan fingerprint density at radius 2 is 2.22 bits per heavy atom. The van der Waals surface area contributed by atoms with Crippen molar-refractivity contribution in [3.8, 4) is 11.8 Å². The zero-order valence-electron chi connectivity index (χ0n) is 11.3. The molecule has 0 aliphatic heterocycles. The lowest BCUT2D eigenvalue weighted by Gasteiger charge is -2.18. The molecule has 4 heteroatoms. The number of nitrogens with zero attached hydrogens (tertiary/aromatic N) is 1. The van der Waals surface area contributed by atoms with Crippen LogP contribution < -0.4 is 0 Å². The van der Waals surface area contributed by atoms with E-state index in [2.05, 4.69) is 25.7 Å². The molecule has 0 atom stereocenters. The fraction of sp³-hybridized carbons (Fsp3) is 0.500. The van der Waals surface area contributed by atoms with Crippen molar-refractivity contribution in [1.29, 1.82) is 0 Å². The SMILES string of the molecule is Cc1cc(C(=O)N(C)CC(C)C)sc1C#CCO. The van der Waals surface area contributed by atoms with Gasteiger partial charge in [0, 0.05) is 13.6 Å². The number of aryl methyl sites for hydroxylation is 1. The molecule has 0 aliphatic carbocycles. The van der Waals surface area contributed by atoms with Gasteiger partial charge in [-0.2, -0.15) is 0 Å². The second kappa shape index (κ2) is 6.58. The molecule has 0 saturated heterocycles. The van der Waals surface area contributed by atoms with Crippen molar-refractivity contribution in [3.63, 3.8) is 0 Å². The van der Waals surface area contributed by atoms with Crippen molar-refractivity contribution >= 4 is 17.2 Å². The molecule has 0 bridgehead atoms. The maximum Gasteiger partial charge on any atom is 0.263 e. The van der Waals surface area contributed by atoms with Crippen molar-refractivity contribution in [2.24, 2.45) is 5.92 Å². The average Bonchev–Trinajstić information content (AvgIpc) is 2.66. The number of hydrogen-bond acceptors (Lipinski definition) is 3. The maximum absolute atomic E-state index is 12.2. The van der Waals surface area contributed by atoms with Crippen molar-refractivity contribution in [1.82, 2.24) is 4.90 Å². The monoisotopic (exact) mass is 265 g/mol. The predicted octanol–water partition coefficient (Wildman–Crippen LogP) is 2.13. The summed E-state index contributed by atoms with van der Waals surface area (Å²) in [6.45, 7) is 6.68. The maximum atomic E-state index is 12.2. The van der Waals surface area contributed by atoms with Crippen LogP contribution in [0.4, 0.5) is 0 Å². The summed E-state index contributed by atoms with van der Waals surface area (Å²) in [7, 11) is 1.82. The number of carbonyl (C=O) groups is 1. The quantitative estimate of drug-likeness (QED) is 0.851. The third-order valence-electron chi connectivity index (χ3n) is 2.40. The van der Waals surface area contributed by atoms with Gasteiger partial charge < -0.3 is 10.0 Å². The Hall–Kier alpha value is -1.31. The minimum Gasteiger partial charge on any atom is -0.384 e. The summed E-state index contributed by atoms with van der Waals surface area (Å²) in [6, 6.07) is 1.87. The van der Waals surface area contributed by atoms with Crippen molar-refractivity contribution in [3.05, 3.63) is 21.4 Å². The van der Waals surface area contributed by atoms with Crippen LogP contribution in [-0.4, -0.2) is 36.1 Å². The lowest BCUT2D eigenvalue weighted by molar-refractivity contribution is 0.0784. The van der Waals surface area contributed by atoms with E-state index in [0.29, 0.717) is 10.8 Å². The third-order valence-corrected chi connectivity index (χ3v) is 3.54. The van der Waals surface area contributed by atoms with Crippen LogP contribution in [0.5, 0.6) is 0 Å². The van der Waals surface area contributed by atoms with Gasteiger partial charge in [-0.3, -0.25) is 4.79 Å². The minimum absolute atomic E-state index is 0.0360. The molecular formula is C14H19NO2S. The van der Waals surface area contributed by atoms with E-state index in [9.17, 15) is 4.79 Å². The van der Waals surface area contributed by atoms with E-state index in [1.807, 2.05) is 20.0 Å². The van der Waals surface area contributed by atoms with Crippen LogP contribution in [0.15, 0.2) is 6.07 Å². The molecule has 0 saturated carbocycles. The summed E-state index contributed by atoms with van der Waals surface area (Å²) in [6.07, 6.45) is 0. The summed E-state index contributed by atoms with van der Waals surface area (Å²) < 4.78 is 0. The highest BCUT2D eigenvalue weighted by atomic mass is 32.1. The highest BCUT2D eigenvalue weighted by Crippen LogP contribution is 2.22. The van der Waals surface area contributed by atoms with Gasteiger partial charge in [-0.05, 0) is 24.5 Å². The van der Waals surface area contributed by atoms with Crippen LogP contribution in [0, 0.1) is 24.7 Å². The summed E-state index contributed by atoms with van der Waals surface area (Å²) in [4.78, 5) is 15.5. The molecule has 18 heavy (non-hydrogen) atoms. The van der Waals surface area contributed by atoms with Gasteiger partial charge in [0.1, 0.15) is 6.61 Å². The van der Waals surface area contributed by atoms with Crippen molar-refractivity contribution in [2.45, 2.75) is 20.8 Å². The fourth-order valence-corrected chi connectivity index (χ4v) is 2.69. The number of amides is 1. The lowest BCUT2D eigenvalue weighted by atomic mass is 10.2. The standard InChI is InChI=1S/C14H19NO2S/c1-10(2)9-15(4)14(17)13-8-11(3)12(18-13)6-5-7-16/h8,10,16H,7,9H2,1-4H3. The van der Waals surface area contributed by atoms with Crippen molar-refractivity contribution < 1.29 is 9.90 Å². The van der Waals surface area contributed by atoms with E-state index >= 15 is 0 Å². The Kier molecular flexibility index (Phi) is 5.39. The summed E-state index contributed by atoms with van der Waals surface area (Å²) >= 11 is 1.39. The first-order valence-electron chi connectivity index (χ1n) is 5.91. The zero-order valence-corrected chi connectivity index (χ0v) is 12.1. The molecule has 0 unspecified atom stereocenters. The van der Waals surface area contributed by atoms with E-state index in [-0.39, 0.29) is 12.5 Å². The van der Waals surface area contributed by atoms with Gasteiger partial charge in [0.2, 0.25) is 0 Å². The molecule has 98 valence electrons. The second-order valence-corrected chi connectivity index (χ2v) is 5.71. The smallest absolute Gasteiger partial charge is 0.263 e. The number of carbonyl (C=O) groups excluding carboxylic acids is 1. The Labute approximate surface area is 112 Å². The van der Waals surface area contributed by atoms with Gasteiger partial charge in [0.15, 0.2) is 0 Å². The van der Waals surface area contributed by atoms with Gasteiger partial charge in [-0.15, -0.1) is 11.3 Å². The van der Waals surface area contributed by atoms with Gasteiger partial charge >= 0.3 is 0 Å². The molecule has 0 fully saturated rings. The average molecular weight is 265 g/mol. The number of rotatable bonds is 3. The Balaban J connectivity index is 2.87. The summed E-state index contributed by atoms with van der Waals surface area (Å²) in [5.41, 5.74) is 0.988. The topological polar surface area (TPSA) is 40.5 Å². The van der Waals surface area contributed by atoms with E-state index in [4.69, 9.17) is 5.11 Å². The van der Waals surface area contributed by atoms with E-state index in [1.165, 1.54) is 11.3 Å². The first-order chi connectivity index (χ1) is 8.45. The molecule has 3 nitrogen and oxygen atoms in total. The Morgan fingerprint density at radius 1 is 1.56 bits per heavy atom. The van der Waals surface area contributed by atoms with Crippen LogP contribution in [0.3, 0.4) is 0 Å². The molecule has 1 aromatic rings. The Morgan fingerprint density at radius 3 is 2.78 bits per heavy atom. The first kappa shape index (κ1) is 14.7. The van der Waals surface area contributed by atoms with E-state index < -0.39 is 0 Å². The predicted molar refractivity (Wildman–Crippen MR) is 74.8 cm³/mol. The highest BCUT2D eigenvalue weighted by Gasteiger charge is 2.16. The molecular weight excluding hydrogens is 246 g/mol. The van der Waals surface area contributed by atoms with Gasteiger partial charge in [0.25, 0.3) is 5.91 Å². The number of aliphatic hydroxyl groups excluding tert-OH is 1. The largest absolute Gasteiger partial charge is 0.384 e. The number of hydrogen-bond donors (Lipinski definition) is 1. The van der Waals surface area contributed by atoms with E-state index in [1.54, 1.807) is 4.90 Å². The molecule has 1 aromatic heterocycles. The van der Waals surface area contributed by atoms with Crippen LogP contribution >= 0.6 is 11.3 Å². The van der Waals surface area contributed by atoms with E-state index in [0.717, 1.165) is 17.0 Å². The molecule has 0 aromatic carbocycles. The Bertz CT molecular complexity index is 480. The van der Waals surface area contributed by atoms with Gasteiger partial charge in [-0.1, -0.05) is 25.7 Å². The van der Waals surface area contributed by atoms with Crippen LogP contribution in [0.2, 0.25) is 0 Å². The summed E-state index contributed by atoms with van der Waals surface area (Å²) in [5, 5.41) is 8.68. The molecule has 1 rings (SSSR count). The number of thiophene rings is 1. The van der Waals surface area contributed by atoms with Crippen LogP contribution in [0.1, 0.15) is 34.0 Å². The normalized spacial score (nSPS) is 10.1. The molecule has 1 amide bonds. The molecule has 0 aliphatic rings. The molecule has 0 spiro atoms. The molecule has 0 radical (unpaired) electrons. The highest BCUT2D eigenvalue weighted by molar-refractivity contribution is 7.14.